The molecule has 1 aliphatic heterocycles. The molecule has 1 saturated heterocycles. The molecule has 0 aliphatic carbocycles. The first-order valence-corrected chi connectivity index (χ1v) is 5.21. The van der Waals surface area contributed by atoms with Gasteiger partial charge >= 0.3 is 0 Å². The number of nitrogens with zero attached hydrogens (tertiary/aromatic N) is 1. The fraction of sp³-hybridized carbons (Fsp3) is 0.700. The van der Waals surface area contributed by atoms with Crippen LogP contribution in [0.15, 0.2) is 0 Å². The van der Waals surface area contributed by atoms with Crippen LogP contribution in [0.5, 0.6) is 0 Å². The van der Waals surface area contributed by atoms with Crippen LogP contribution in [-0.2, 0) is 19.1 Å². The SMILES string of the molecule is COCC(N)C(=O)N1CC(=O)NC(=O)C1(C)C. The number of hydrogen-bond donors (Lipinski definition) is 2. The Morgan fingerprint density at radius 3 is 2.71 bits per heavy atom. The molecule has 7 heteroatoms. The molecule has 0 radical (unpaired) electrons. The third-order valence-corrected chi connectivity index (χ3v) is 2.71. The van der Waals surface area contributed by atoms with Crippen LogP contribution < -0.4 is 11.1 Å². The zero-order chi connectivity index (χ0) is 13.2. The molecule has 96 valence electrons. The van der Waals surface area contributed by atoms with Gasteiger partial charge in [-0.15, -0.1) is 0 Å². The van der Waals surface area contributed by atoms with Crippen LogP contribution >= 0.6 is 0 Å². The molecule has 1 aliphatic rings. The van der Waals surface area contributed by atoms with E-state index in [1.54, 1.807) is 13.8 Å². The lowest BCUT2D eigenvalue weighted by Crippen LogP contribution is -2.67. The zero-order valence-corrected chi connectivity index (χ0v) is 10.1. The minimum atomic E-state index is -1.09. The van der Waals surface area contributed by atoms with E-state index in [-0.39, 0.29) is 13.2 Å². The molecule has 1 atom stereocenters. The summed E-state index contributed by atoms with van der Waals surface area (Å²) >= 11 is 0. The molecule has 3 amide bonds. The number of piperazine rings is 1. The normalized spacial score (nSPS) is 21.1. The van der Waals surface area contributed by atoms with Crippen molar-refractivity contribution in [3.05, 3.63) is 0 Å². The molecular formula is C10H17N3O4. The van der Waals surface area contributed by atoms with Crippen molar-refractivity contribution in [2.24, 2.45) is 5.73 Å². The number of rotatable bonds is 3. The minimum Gasteiger partial charge on any atom is -0.383 e. The predicted molar refractivity (Wildman–Crippen MR) is 58.8 cm³/mol. The fourth-order valence-electron chi connectivity index (χ4n) is 1.59. The van der Waals surface area contributed by atoms with E-state index in [0.29, 0.717) is 0 Å². The molecule has 0 aromatic carbocycles. The van der Waals surface area contributed by atoms with Crippen molar-refractivity contribution in [2.45, 2.75) is 25.4 Å². The first kappa shape index (κ1) is 13.6. The van der Waals surface area contributed by atoms with Gasteiger partial charge in [-0.2, -0.15) is 0 Å². The highest BCUT2D eigenvalue weighted by Crippen LogP contribution is 2.18. The van der Waals surface area contributed by atoms with E-state index in [1.165, 1.54) is 12.0 Å². The van der Waals surface area contributed by atoms with Gasteiger partial charge in [0, 0.05) is 7.11 Å². The Bertz CT molecular complexity index is 353. The average molecular weight is 243 g/mol. The highest BCUT2D eigenvalue weighted by molar-refractivity contribution is 6.06. The molecule has 1 unspecified atom stereocenters. The first-order chi connectivity index (χ1) is 7.80. The van der Waals surface area contributed by atoms with Gasteiger partial charge in [-0.1, -0.05) is 0 Å². The van der Waals surface area contributed by atoms with Crippen molar-refractivity contribution >= 4 is 17.7 Å². The lowest BCUT2D eigenvalue weighted by atomic mass is 9.97. The van der Waals surface area contributed by atoms with E-state index >= 15 is 0 Å². The maximum Gasteiger partial charge on any atom is 0.252 e. The van der Waals surface area contributed by atoms with E-state index in [4.69, 9.17) is 10.5 Å². The smallest absolute Gasteiger partial charge is 0.252 e. The van der Waals surface area contributed by atoms with Crippen molar-refractivity contribution in [3.8, 4) is 0 Å². The number of methoxy groups -OCH3 is 1. The number of ether oxygens (including phenoxy) is 1. The second-order valence-corrected chi connectivity index (χ2v) is 4.42. The van der Waals surface area contributed by atoms with Gasteiger partial charge in [-0.25, -0.2) is 0 Å². The molecule has 3 N–H and O–H groups in total. The maximum absolute atomic E-state index is 12.0. The molecule has 17 heavy (non-hydrogen) atoms. The van der Waals surface area contributed by atoms with Crippen LogP contribution in [0.2, 0.25) is 0 Å². The van der Waals surface area contributed by atoms with Gasteiger partial charge in [0.15, 0.2) is 0 Å². The summed E-state index contributed by atoms with van der Waals surface area (Å²) in [5.41, 5.74) is 4.52. The fourth-order valence-corrected chi connectivity index (χ4v) is 1.59. The summed E-state index contributed by atoms with van der Waals surface area (Å²) in [5.74, 6) is -1.49. The monoisotopic (exact) mass is 243 g/mol. The Labute approximate surface area is 99.3 Å². The van der Waals surface area contributed by atoms with Crippen molar-refractivity contribution in [1.82, 2.24) is 10.2 Å². The van der Waals surface area contributed by atoms with Gasteiger partial charge in [-0.3, -0.25) is 19.7 Å². The number of carbonyl (C=O) groups excluding carboxylic acids is 3. The standard InChI is InChI=1S/C10H17N3O4/c1-10(2)9(16)12-7(14)4-13(10)8(15)6(11)5-17-3/h6H,4-5,11H2,1-3H3,(H,12,14,16). The Hall–Kier alpha value is -1.47. The Kier molecular flexibility index (Phi) is 3.84. The van der Waals surface area contributed by atoms with Gasteiger partial charge in [0.05, 0.1) is 6.61 Å². The van der Waals surface area contributed by atoms with Gasteiger partial charge < -0.3 is 15.4 Å². The van der Waals surface area contributed by atoms with E-state index in [0.717, 1.165) is 0 Å². The molecule has 0 spiro atoms. The summed E-state index contributed by atoms with van der Waals surface area (Å²) in [7, 11) is 1.42. The second-order valence-electron chi connectivity index (χ2n) is 4.42. The van der Waals surface area contributed by atoms with Gasteiger partial charge in [-0.05, 0) is 13.8 Å². The lowest BCUT2D eigenvalue weighted by molar-refractivity contribution is -0.156. The number of nitrogens with one attached hydrogen (secondary N) is 1. The maximum atomic E-state index is 12.0. The molecular weight excluding hydrogens is 226 g/mol. The second kappa shape index (κ2) is 4.80. The topological polar surface area (TPSA) is 102 Å². The molecule has 1 rings (SSSR count). The van der Waals surface area contributed by atoms with Crippen molar-refractivity contribution in [3.63, 3.8) is 0 Å². The highest BCUT2D eigenvalue weighted by atomic mass is 16.5. The van der Waals surface area contributed by atoms with Gasteiger partial charge in [0.1, 0.15) is 18.1 Å². The van der Waals surface area contributed by atoms with Crippen LogP contribution in [0, 0.1) is 0 Å². The molecule has 7 nitrogen and oxygen atoms in total. The number of hydrogen-bond acceptors (Lipinski definition) is 5. The van der Waals surface area contributed by atoms with E-state index in [2.05, 4.69) is 5.32 Å². The largest absolute Gasteiger partial charge is 0.383 e. The molecule has 1 heterocycles. The predicted octanol–water partition coefficient (Wildman–Crippen LogP) is -1.78. The Morgan fingerprint density at radius 2 is 2.18 bits per heavy atom. The van der Waals surface area contributed by atoms with Crippen molar-refractivity contribution < 1.29 is 19.1 Å². The van der Waals surface area contributed by atoms with Crippen LogP contribution in [0.3, 0.4) is 0 Å². The highest BCUT2D eigenvalue weighted by Gasteiger charge is 2.44. The van der Waals surface area contributed by atoms with E-state index in [9.17, 15) is 14.4 Å². The van der Waals surface area contributed by atoms with Crippen molar-refractivity contribution in [2.75, 3.05) is 20.3 Å². The summed E-state index contributed by atoms with van der Waals surface area (Å²) < 4.78 is 4.78. The molecule has 0 saturated carbocycles. The minimum absolute atomic E-state index is 0.0429. The van der Waals surface area contributed by atoms with Gasteiger partial charge in [0.2, 0.25) is 11.8 Å². The summed E-state index contributed by atoms with van der Waals surface area (Å²) in [6.45, 7) is 2.99. The van der Waals surface area contributed by atoms with Crippen LogP contribution in [-0.4, -0.2) is 54.5 Å². The number of carbonyl (C=O) groups is 3. The van der Waals surface area contributed by atoms with Gasteiger partial charge in [0.25, 0.3) is 5.91 Å². The summed E-state index contributed by atoms with van der Waals surface area (Å²) in [4.78, 5) is 36.0. The van der Waals surface area contributed by atoms with E-state index < -0.39 is 29.3 Å². The molecule has 1 fully saturated rings. The molecule has 0 aromatic rings. The van der Waals surface area contributed by atoms with Crippen LogP contribution in [0.1, 0.15) is 13.8 Å². The molecule has 0 aromatic heterocycles. The van der Waals surface area contributed by atoms with Crippen LogP contribution in [0.4, 0.5) is 0 Å². The average Bonchev–Trinajstić information content (AvgIpc) is 2.23. The number of nitrogens with two attached hydrogens (primary N) is 1. The lowest BCUT2D eigenvalue weighted by Gasteiger charge is -2.41. The third kappa shape index (κ3) is 2.62. The van der Waals surface area contributed by atoms with Crippen LogP contribution in [0.25, 0.3) is 0 Å². The quantitative estimate of drug-likeness (QED) is 0.571. The van der Waals surface area contributed by atoms with E-state index in [1.807, 2.05) is 0 Å². The summed E-state index contributed by atoms with van der Waals surface area (Å²) in [6.07, 6.45) is 0. The number of imide groups is 1. The third-order valence-electron chi connectivity index (χ3n) is 2.71. The summed E-state index contributed by atoms with van der Waals surface area (Å²) in [5, 5.41) is 2.18. The Morgan fingerprint density at radius 1 is 1.59 bits per heavy atom. The van der Waals surface area contributed by atoms with Crippen molar-refractivity contribution in [1.29, 1.82) is 0 Å². The number of amides is 3. The summed E-state index contributed by atoms with van der Waals surface area (Å²) in [6, 6.07) is -0.877. The Balaban J connectivity index is 2.90. The zero-order valence-electron chi connectivity index (χ0n) is 10.1. The first-order valence-electron chi connectivity index (χ1n) is 5.21. The molecule has 0 bridgehead atoms.